The van der Waals surface area contributed by atoms with Crippen LogP contribution in [0.4, 0.5) is 10.5 Å². The second kappa shape index (κ2) is 18.5. The van der Waals surface area contributed by atoms with Crippen LogP contribution in [-0.4, -0.2) is 80.7 Å². The fraction of sp³-hybridized carbons (Fsp3) is 0.366. The van der Waals surface area contributed by atoms with Crippen LogP contribution in [0.25, 0.3) is 10.6 Å². The average Bonchev–Trinajstić information content (AvgIpc) is 3.64. The Hall–Kier alpha value is -5.38. The maximum atomic E-state index is 13.9. The van der Waals surface area contributed by atoms with Gasteiger partial charge in [-0.1, -0.05) is 81.4 Å². The van der Waals surface area contributed by atoms with Crippen LogP contribution in [0.1, 0.15) is 65.9 Å². The van der Waals surface area contributed by atoms with Gasteiger partial charge in [-0.25, -0.2) is 14.6 Å². The van der Waals surface area contributed by atoms with Crippen molar-refractivity contribution in [1.82, 2.24) is 15.6 Å². The molecular weight excluding hydrogens is 753 g/mol. The molecule has 0 spiro atoms. The van der Waals surface area contributed by atoms with E-state index in [1.807, 2.05) is 60.7 Å². The zero-order valence-electron chi connectivity index (χ0n) is 33.1. The predicted octanol–water partition coefficient (Wildman–Crippen LogP) is 5.44. The van der Waals surface area contributed by atoms with Gasteiger partial charge in [0.25, 0.3) is 14.2 Å². The molecule has 4 aromatic rings. The molecule has 0 aliphatic rings. The Bertz CT molecular complexity index is 1940. The monoisotopic (exact) mass is 802 g/mol. The van der Waals surface area contributed by atoms with Crippen molar-refractivity contribution in [2.24, 2.45) is 0 Å². The number of esters is 2. The number of aromatic nitrogens is 1. The highest BCUT2D eigenvalue weighted by Gasteiger charge is 2.52. The van der Waals surface area contributed by atoms with E-state index < -0.39 is 73.6 Å². The minimum Gasteiger partial charge on any atom is -0.467 e. The van der Waals surface area contributed by atoms with Crippen LogP contribution in [0.15, 0.2) is 90.3 Å². The Morgan fingerprint density at radius 2 is 1.39 bits per heavy atom. The van der Waals surface area contributed by atoms with E-state index in [1.165, 1.54) is 30.8 Å². The van der Waals surface area contributed by atoms with Crippen molar-refractivity contribution < 1.29 is 42.6 Å². The van der Waals surface area contributed by atoms with Crippen LogP contribution >= 0.6 is 11.3 Å². The Balaban J connectivity index is 1.56. The Labute approximate surface area is 332 Å². The molecule has 0 bridgehead atoms. The number of ether oxygens (including phenoxy) is 3. The lowest BCUT2D eigenvalue weighted by molar-refractivity contribution is -0.149. The van der Waals surface area contributed by atoms with E-state index in [4.69, 9.17) is 18.6 Å². The SMILES string of the molecule is COC(=O)[C@@H](NC(=O)[C@H](COC(C)=O)NC(=O)c1csc(-c2ccc(NC(=O)OC(C)(C)C)cc2)n1)[C@H](C)O[Si](c1ccccc1)(c1ccccc1)C(C)(C)C. The van der Waals surface area contributed by atoms with E-state index >= 15 is 0 Å². The summed E-state index contributed by atoms with van der Waals surface area (Å²) in [5.74, 6) is -2.96. The summed E-state index contributed by atoms with van der Waals surface area (Å²) in [7, 11) is -1.98. The quantitative estimate of drug-likeness (QED) is 0.0848. The van der Waals surface area contributed by atoms with Gasteiger partial charge in [0.05, 0.1) is 13.2 Å². The van der Waals surface area contributed by atoms with E-state index in [-0.39, 0.29) is 5.69 Å². The average molecular weight is 803 g/mol. The minimum absolute atomic E-state index is 0.00878. The van der Waals surface area contributed by atoms with E-state index in [1.54, 1.807) is 52.0 Å². The summed E-state index contributed by atoms with van der Waals surface area (Å²) >= 11 is 1.19. The van der Waals surface area contributed by atoms with Gasteiger partial charge in [0.1, 0.15) is 29.0 Å². The normalized spacial score (nSPS) is 13.4. The minimum atomic E-state index is -3.19. The molecular formula is C41H50N4O9SSi. The van der Waals surface area contributed by atoms with Crippen LogP contribution in [0.3, 0.4) is 0 Å². The van der Waals surface area contributed by atoms with Crippen LogP contribution in [-0.2, 0) is 33.0 Å². The first-order valence-corrected chi connectivity index (χ1v) is 20.8. The molecule has 15 heteroatoms. The van der Waals surface area contributed by atoms with Crippen molar-refractivity contribution in [3.63, 3.8) is 0 Å². The lowest BCUT2D eigenvalue weighted by Gasteiger charge is -2.45. The molecule has 13 nitrogen and oxygen atoms in total. The Morgan fingerprint density at radius 3 is 1.89 bits per heavy atom. The first-order chi connectivity index (χ1) is 26.3. The maximum absolute atomic E-state index is 13.9. The van der Waals surface area contributed by atoms with Gasteiger partial charge in [-0.05, 0) is 67.4 Å². The number of nitrogens with zero attached hydrogens (tertiary/aromatic N) is 1. The van der Waals surface area contributed by atoms with Gasteiger partial charge in [-0.3, -0.25) is 19.7 Å². The van der Waals surface area contributed by atoms with Gasteiger partial charge >= 0.3 is 18.0 Å². The number of hydrogen-bond donors (Lipinski definition) is 3. The van der Waals surface area contributed by atoms with Gasteiger partial charge < -0.3 is 29.3 Å². The number of benzene rings is 3. The summed E-state index contributed by atoms with van der Waals surface area (Å²) in [5, 5.41) is 11.5. The molecule has 56 heavy (non-hydrogen) atoms. The summed E-state index contributed by atoms with van der Waals surface area (Å²) in [6, 6.07) is 23.7. The summed E-state index contributed by atoms with van der Waals surface area (Å²) in [5.41, 5.74) is 0.540. The van der Waals surface area contributed by atoms with Gasteiger partial charge in [0.15, 0.2) is 6.04 Å². The van der Waals surface area contributed by atoms with Gasteiger partial charge in [0, 0.05) is 23.6 Å². The molecule has 0 unspecified atom stereocenters. The lowest BCUT2D eigenvalue weighted by atomic mass is 10.1. The van der Waals surface area contributed by atoms with Gasteiger partial charge in [-0.15, -0.1) is 11.3 Å². The molecule has 0 saturated carbocycles. The Kier molecular flexibility index (Phi) is 14.3. The number of carbonyl (C=O) groups excluding carboxylic acids is 5. The first-order valence-electron chi connectivity index (χ1n) is 18.0. The maximum Gasteiger partial charge on any atom is 0.412 e. The molecule has 298 valence electrons. The molecule has 3 aromatic carbocycles. The molecule has 0 aliphatic heterocycles. The second-order valence-electron chi connectivity index (χ2n) is 15.1. The summed E-state index contributed by atoms with van der Waals surface area (Å²) in [6.07, 6.45) is -1.51. The second-order valence-corrected chi connectivity index (χ2v) is 20.2. The summed E-state index contributed by atoms with van der Waals surface area (Å²) < 4.78 is 22.7. The molecule has 3 amide bonds. The fourth-order valence-corrected chi connectivity index (χ4v) is 11.5. The molecule has 1 aromatic heterocycles. The highest BCUT2D eigenvalue weighted by Crippen LogP contribution is 2.38. The highest BCUT2D eigenvalue weighted by atomic mass is 32.1. The third kappa shape index (κ3) is 11.1. The smallest absolute Gasteiger partial charge is 0.412 e. The summed E-state index contributed by atoms with van der Waals surface area (Å²) in [4.78, 5) is 69.3. The zero-order valence-corrected chi connectivity index (χ0v) is 34.9. The van der Waals surface area contributed by atoms with Crippen LogP contribution in [0.5, 0.6) is 0 Å². The highest BCUT2D eigenvalue weighted by molar-refractivity contribution is 7.13. The zero-order chi connectivity index (χ0) is 41.3. The third-order valence-corrected chi connectivity index (χ3v) is 14.6. The van der Waals surface area contributed by atoms with Gasteiger partial charge in [0.2, 0.25) is 5.91 Å². The molecule has 0 aliphatic carbocycles. The number of nitrogens with one attached hydrogen (secondary N) is 3. The van der Waals surface area contributed by atoms with E-state index in [2.05, 4.69) is 41.7 Å². The first kappa shape index (κ1) is 43.3. The van der Waals surface area contributed by atoms with E-state index in [0.717, 1.165) is 10.4 Å². The molecule has 0 saturated heterocycles. The van der Waals surface area contributed by atoms with Gasteiger partial charge in [-0.2, -0.15) is 0 Å². The number of thiazole rings is 1. The molecule has 3 N–H and O–H groups in total. The molecule has 3 atom stereocenters. The largest absolute Gasteiger partial charge is 0.467 e. The van der Waals surface area contributed by atoms with Crippen molar-refractivity contribution in [3.8, 4) is 10.6 Å². The van der Waals surface area contributed by atoms with Crippen molar-refractivity contribution in [3.05, 3.63) is 96.0 Å². The molecule has 4 rings (SSSR count). The Morgan fingerprint density at radius 1 is 0.821 bits per heavy atom. The van der Waals surface area contributed by atoms with E-state index in [9.17, 15) is 24.0 Å². The van der Waals surface area contributed by atoms with Crippen LogP contribution < -0.4 is 26.3 Å². The summed E-state index contributed by atoms with van der Waals surface area (Å²) in [6.45, 7) is 13.9. The standard InChI is InChI=1S/C41H50N4O9SSi/c1-26(54-56(41(6,7)8,30-16-12-10-13-17-30)31-18-14-11-15-19-31)34(38(49)51-9)45-35(47)32(24-52-27(2)46)43-36(48)33-25-55-37(44-33)28-20-22-29(23-21-28)42-39(50)53-40(3,4)5/h10-23,25-26,32,34H,24H2,1-9H3,(H,42,50)(H,43,48)(H,45,47)/t26-,32-,34-/m0/s1. The van der Waals surface area contributed by atoms with Crippen LogP contribution in [0.2, 0.25) is 5.04 Å². The molecule has 0 radical (unpaired) electrons. The van der Waals surface area contributed by atoms with Crippen molar-refractivity contribution in [1.29, 1.82) is 0 Å². The number of hydrogen-bond acceptors (Lipinski definition) is 11. The van der Waals surface area contributed by atoms with Crippen molar-refractivity contribution in [2.75, 3.05) is 19.0 Å². The fourth-order valence-electron chi connectivity index (χ4n) is 6.03. The van der Waals surface area contributed by atoms with Crippen LogP contribution in [0, 0.1) is 0 Å². The van der Waals surface area contributed by atoms with Crippen molar-refractivity contribution in [2.45, 2.75) is 84.2 Å². The number of rotatable bonds is 14. The number of amides is 3. The number of carbonyl (C=O) groups is 5. The van der Waals surface area contributed by atoms with Crippen molar-refractivity contribution >= 4 is 65.6 Å². The predicted molar refractivity (Wildman–Crippen MR) is 217 cm³/mol. The topological polar surface area (TPSA) is 171 Å². The molecule has 0 fully saturated rings. The number of anilines is 1. The third-order valence-electron chi connectivity index (χ3n) is 8.59. The van der Waals surface area contributed by atoms with E-state index in [0.29, 0.717) is 16.3 Å². The lowest BCUT2D eigenvalue weighted by Crippen LogP contribution is -2.69. The molecule has 1 heterocycles. The number of methoxy groups -OCH3 is 1.